The lowest BCUT2D eigenvalue weighted by molar-refractivity contribution is -0.384. The van der Waals surface area contributed by atoms with Crippen LogP contribution in [0.3, 0.4) is 0 Å². The normalized spacial score (nSPS) is 14.7. The van der Waals surface area contributed by atoms with Gasteiger partial charge in [-0.25, -0.2) is 0 Å². The third-order valence-electron chi connectivity index (χ3n) is 4.48. The van der Waals surface area contributed by atoms with E-state index < -0.39 is 4.92 Å². The Hall–Kier alpha value is -2.64. The number of rotatable bonds is 7. The molecule has 1 aliphatic heterocycles. The molecular weight excluding hydrogens is 336 g/mol. The fourth-order valence-electron chi connectivity index (χ4n) is 3.05. The van der Waals surface area contributed by atoms with E-state index in [1.807, 2.05) is 4.90 Å². The Kier molecular flexibility index (Phi) is 6.94. The first-order valence-electron chi connectivity index (χ1n) is 8.92. The van der Waals surface area contributed by atoms with Crippen molar-refractivity contribution in [2.75, 3.05) is 38.6 Å². The van der Waals surface area contributed by atoms with Crippen LogP contribution >= 0.6 is 0 Å². The highest BCUT2D eigenvalue weighted by Crippen LogP contribution is 2.24. The summed E-state index contributed by atoms with van der Waals surface area (Å²) in [6.07, 6.45) is 4.32. The summed E-state index contributed by atoms with van der Waals surface area (Å²) < 4.78 is 0. The second kappa shape index (κ2) is 9.17. The zero-order valence-corrected chi connectivity index (χ0v) is 15.4. The van der Waals surface area contributed by atoms with Crippen LogP contribution in [0.2, 0.25) is 0 Å². The van der Waals surface area contributed by atoms with Crippen molar-refractivity contribution in [2.45, 2.75) is 32.1 Å². The summed E-state index contributed by atoms with van der Waals surface area (Å²) in [6.45, 7) is 1.81. The van der Waals surface area contributed by atoms with Crippen molar-refractivity contribution >= 4 is 23.2 Å². The van der Waals surface area contributed by atoms with Gasteiger partial charge in [-0.3, -0.25) is 19.7 Å². The van der Waals surface area contributed by atoms with E-state index in [9.17, 15) is 19.7 Å². The summed E-state index contributed by atoms with van der Waals surface area (Å²) in [5.41, 5.74) is 0.779. The molecule has 1 fully saturated rings. The Bertz CT molecular complexity index is 675. The zero-order valence-electron chi connectivity index (χ0n) is 15.4. The molecule has 1 aliphatic rings. The minimum absolute atomic E-state index is 0.115. The number of nitro groups is 1. The minimum atomic E-state index is -0.513. The smallest absolute Gasteiger partial charge is 0.270 e. The number of nitro benzene ring substituents is 1. The topological polar surface area (TPSA) is 95.8 Å². The van der Waals surface area contributed by atoms with Gasteiger partial charge in [0.25, 0.3) is 11.6 Å². The fourth-order valence-corrected chi connectivity index (χ4v) is 3.05. The Morgan fingerprint density at radius 3 is 2.77 bits per heavy atom. The van der Waals surface area contributed by atoms with Crippen molar-refractivity contribution in [3.05, 3.63) is 33.9 Å². The lowest BCUT2D eigenvalue weighted by Crippen LogP contribution is -2.34. The van der Waals surface area contributed by atoms with Crippen LogP contribution in [-0.4, -0.2) is 55.4 Å². The molecule has 0 spiro atoms. The zero-order chi connectivity index (χ0) is 19.1. The first-order chi connectivity index (χ1) is 12.4. The van der Waals surface area contributed by atoms with Crippen LogP contribution in [0.1, 0.15) is 42.5 Å². The van der Waals surface area contributed by atoms with Gasteiger partial charge >= 0.3 is 0 Å². The molecule has 8 nitrogen and oxygen atoms in total. The molecule has 1 aromatic rings. The van der Waals surface area contributed by atoms with E-state index in [0.717, 1.165) is 25.8 Å². The van der Waals surface area contributed by atoms with Gasteiger partial charge in [0.2, 0.25) is 5.91 Å². The number of benzene rings is 1. The Labute approximate surface area is 153 Å². The molecule has 1 heterocycles. The maximum atomic E-state index is 12.5. The number of non-ortho nitro benzene ring substituents is 1. The van der Waals surface area contributed by atoms with Crippen molar-refractivity contribution in [3.8, 4) is 0 Å². The third kappa shape index (κ3) is 5.18. The maximum absolute atomic E-state index is 12.5. The van der Waals surface area contributed by atoms with Gasteiger partial charge < -0.3 is 15.1 Å². The molecule has 1 N–H and O–H groups in total. The van der Waals surface area contributed by atoms with Gasteiger partial charge in [-0.1, -0.05) is 6.42 Å². The predicted molar refractivity (Wildman–Crippen MR) is 99.4 cm³/mol. The number of hydrogen-bond donors (Lipinski definition) is 1. The van der Waals surface area contributed by atoms with Gasteiger partial charge in [0, 0.05) is 58.0 Å². The summed E-state index contributed by atoms with van der Waals surface area (Å²) in [7, 11) is 3.56. The largest absolute Gasteiger partial charge is 0.377 e. The average molecular weight is 362 g/mol. The van der Waals surface area contributed by atoms with Crippen LogP contribution < -0.4 is 10.2 Å². The molecule has 0 atom stereocenters. The molecule has 0 unspecified atom stereocenters. The van der Waals surface area contributed by atoms with E-state index in [0.29, 0.717) is 31.6 Å². The molecule has 0 saturated carbocycles. The molecule has 8 heteroatoms. The van der Waals surface area contributed by atoms with Gasteiger partial charge in [0.15, 0.2) is 0 Å². The Morgan fingerprint density at radius 2 is 2.08 bits per heavy atom. The van der Waals surface area contributed by atoms with Crippen molar-refractivity contribution in [1.82, 2.24) is 10.2 Å². The van der Waals surface area contributed by atoms with E-state index in [4.69, 9.17) is 0 Å². The van der Waals surface area contributed by atoms with Gasteiger partial charge in [-0.2, -0.15) is 0 Å². The molecule has 1 saturated heterocycles. The van der Waals surface area contributed by atoms with E-state index in [1.54, 1.807) is 25.1 Å². The van der Waals surface area contributed by atoms with Crippen LogP contribution in [0.4, 0.5) is 11.4 Å². The molecule has 2 rings (SSSR count). The third-order valence-corrected chi connectivity index (χ3v) is 4.48. The maximum Gasteiger partial charge on any atom is 0.270 e. The Morgan fingerprint density at radius 1 is 1.31 bits per heavy atom. The highest BCUT2D eigenvalue weighted by Gasteiger charge is 2.19. The second-order valence-corrected chi connectivity index (χ2v) is 6.65. The molecule has 0 radical (unpaired) electrons. The van der Waals surface area contributed by atoms with Crippen LogP contribution in [0.5, 0.6) is 0 Å². The molecule has 142 valence electrons. The lowest BCUT2D eigenvalue weighted by Gasteiger charge is -2.20. The van der Waals surface area contributed by atoms with Crippen LogP contribution in [0, 0.1) is 10.1 Å². The van der Waals surface area contributed by atoms with Gasteiger partial charge in [0.05, 0.1) is 10.5 Å². The summed E-state index contributed by atoms with van der Waals surface area (Å²) >= 11 is 0. The van der Waals surface area contributed by atoms with E-state index >= 15 is 0 Å². The lowest BCUT2D eigenvalue weighted by atomic mass is 10.1. The number of carbonyl (C=O) groups excluding carboxylic acids is 2. The van der Waals surface area contributed by atoms with Crippen molar-refractivity contribution in [2.24, 2.45) is 0 Å². The van der Waals surface area contributed by atoms with Crippen molar-refractivity contribution in [1.29, 1.82) is 0 Å². The molecular formula is C18H26N4O4. The fraction of sp³-hybridized carbons (Fsp3) is 0.556. The number of likely N-dealkylation sites (tertiary alicyclic amines) is 1. The summed E-state index contributed by atoms with van der Waals surface area (Å²) in [5, 5.41) is 13.8. The summed E-state index contributed by atoms with van der Waals surface area (Å²) in [5.74, 6) is -0.165. The number of nitrogens with zero attached hydrogens (tertiary/aromatic N) is 3. The average Bonchev–Trinajstić information content (AvgIpc) is 2.82. The van der Waals surface area contributed by atoms with Gasteiger partial charge in [-0.15, -0.1) is 0 Å². The highest BCUT2D eigenvalue weighted by atomic mass is 16.6. The predicted octanol–water partition coefficient (Wildman–Crippen LogP) is 2.18. The monoisotopic (exact) mass is 362 g/mol. The SMILES string of the molecule is CN(C)c1ccc([N+](=O)[O-])cc1C(=O)NCCCN1CCCCCC1=O. The number of carbonyl (C=O) groups is 2. The van der Waals surface area contributed by atoms with Gasteiger partial charge in [-0.05, 0) is 25.3 Å². The molecule has 0 aliphatic carbocycles. The standard InChI is InChI=1S/C18H26N4O4/c1-20(2)16-9-8-14(22(25)26)13-15(16)18(24)19-10-6-12-21-11-5-3-4-7-17(21)23/h8-9,13H,3-7,10-12H2,1-2H3,(H,19,24). The number of nitrogens with one attached hydrogen (secondary N) is 1. The molecule has 2 amide bonds. The van der Waals surface area contributed by atoms with Crippen molar-refractivity contribution in [3.63, 3.8) is 0 Å². The quantitative estimate of drug-likeness (QED) is 0.456. The molecule has 1 aromatic carbocycles. The number of hydrogen-bond acceptors (Lipinski definition) is 5. The second-order valence-electron chi connectivity index (χ2n) is 6.65. The van der Waals surface area contributed by atoms with E-state index in [2.05, 4.69) is 5.32 Å². The first kappa shape index (κ1) is 19.7. The number of anilines is 1. The van der Waals surface area contributed by atoms with Gasteiger partial charge in [0.1, 0.15) is 0 Å². The van der Waals surface area contributed by atoms with Crippen LogP contribution in [0.15, 0.2) is 18.2 Å². The minimum Gasteiger partial charge on any atom is -0.377 e. The molecule has 0 aromatic heterocycles. The highest BCUT2D eigenvalue weighted by molar-refractivity contribution is 6.00. The van der Waals surface area contributed by atoms with Crippen LogP contribution in [-0.2, 0) is 4.79 Å². The van der Waals surface area contributed by atoms with E-state index in [1.165, 1.54) is 12.1 Å². The first-order valence-corrected chi connectivity index (χ1v) is 8.92. The molecule has 0 bridgehead atoms. The molecule has 26 heavy (non-hydrogen) atoms. The van der Waals surface area contributed by atoms with Crippen LogP contribution in [0.25, 0.3) is 0 Å². The summed E-state index contributed by atoms with van der Waals surface area (Å²) in [4.78, 5) is 38.5. The van der Waals surface area contributed by atoms with E-state index in [-0.39, 0.29) is 23.1 Å². The van der Waals surface area contributed by atoms with Crippen molar-refractivity contribution < 1.29 is 14.5 Å². The summed E-state index contributed by atoms with van der Waals surface area (Å²) in [6, 6.07) is 4.25. The Balaban J connectivity index is 1.93. The number of amides is 2.